The lowest BCUT2D eigenvalue weighted by molar-refractivity contribution is 0.0402. The number of aliphatic hydroxyl groups is 1. The largest absolute Gasteiger partial charge is 0.500 e. The van der Waals surface area contributed by atoms with Crippen molar-refractivity contribution < 1.29 is 9.84 Å². The Kier molecular flexibility index (Phi) is 6.75. The molecular formula is C8H18N2O2. The molecule has 0 aromatic heterocycles. The molecule has 0 saturated carbocycles. The molecule has 0 aromatic carbocycles. The number of rotatable bonds is 7. The van der Waals surface area contributed by atoms with Crippen LogP contribution >= 0.6 is 0 Å². The summed E-state index contributed by atoms with van der Waals surface area (Å²) in [7, 11) is 3.65. The SMILES string of the molecule is C=COCCNCC(O)N(C)C. The minimum atomic E-state index is -0.436. The summed E-state index contributed by atoms with van der Waals surface area (Å²) in [5.41, 5.74) is 0. The third-order valence-corrected chi connectivity index (χ3v) is 1.44. The van der Waals surface area contributed by atoms with Gasteiger partial charge in [-0.1, -0.05) is 6.58 Å². The summed E-state index contributed by atoms with van der Waals surface area (Å²) in [6.45, 7) is 5.27. The first kappa shape index (κ1) is 11.4. The van der Waals surface area contributed by atoms with E-state index in [-0.39, 0.29) is 0 Å². The van der Waals surface area contributed by atoms with Crippen molar-refractivity contribution in [3.63, 3.8) is 0 Å². The molecule has 0 aliphatic heterocycles. The number of hydrogen-bond acceptors (Lipinski definition) is 4. The van der Waals surface area contributed by atoms with Crippen LogP contribution in [-0.2, 0) is 4.74 Å². The Morgan fingerprint density at radius 1 is 1.67 bits per heavy atom. The highest BCUT2D eigenvalue weighted by molar-refractivity contribution is 4.56. The number of ether oxygens (including phenoxy) is 1. The van der Waals surface area contributed by atoms with Crippen molar-refractivity contribution in [3.8, 4) is 0 Å². The van der Waals surface area contributed by atoms with E-state index in [0.29, 0.717) is 13.2 Å². The molecule has 72 valence electrons. The lowest BCUT2D eigenvalue weighted by atomic mass is 10.5. The molecule has 0 spiro atoms. The maximum Gasteiger partial charge on any atom is 0.119 e. The molecule has 1 atom stereocenters. The van der Waals surface area contributed by atoms with E-state index < -0.39 is 6.23 Å². The van der Waals surface area contributed by atoms with Gasteiger partial charge < -0.3 is 15.2 Å². The summed E-state index contributed by atoms with van der Waals surface area (Å²) in [5, 5.41) is 12.3. The summed E-state index contributed by atoms with van der Waals surface area (Å²) in [6, 6.07) is 0. The van der Waals surface area contributed by atoms with Crippen molar-refractivity contribution in [3.05, 3.63) is 12.8 Å². The van der Waals surface area contributed by atoms with Gasteiger partial charge in [0.2, 0.25) is 0 Å². The van der Waals surface area contributed by atoms with Gasteiger partial charge in [-0.05, 0) is 14.1 Å². The molecule has 0 radical (unpaired) electrons. The third kappa shape index (κ3) is 6.15. The highest BCUT2D eigenvalue weighted by atomic mass is 16.5. The fourth-order valence-electron chi connectivity index (χ4n) is 0.628. The van der Waals surface area contributed by atoms with Crippen molar-refractivity contribution in [2.45, 2.75) is 6.23 Å². The van der Waals surface area contributed by atoms with E-state index >= 15 is 0 Å². The summed E-state index contributed by atoms with van der Waals surface area (Å²) in [5.74, 6) is 0. The highest BCUT2D eigenvalue weighted by Crippen LogP contribution is 1.83. The number of nitrogens with one attached hydrogen (secondary N) is 1. The molecule has 0 heterocycles. The molecule has 1 unspecified atom stereocenters. The molecule has 0 amide bonds. The molecule has 4 nitrogen and oxygen atoms in total. The van der Waals surface area contributed by atoms with Gasteiger partial charge in [-0.2, -0.15) is 0 Å². The first-order chi connectivity index (χ1) is 5.68. The Hall–Kier alpha value is -0.580. The average molecular weight is 174 g/mol. The molecule has 0 aliphatic carbocycles. The van der Waals surface area contributed by atoms with Crippen LogP contribution in [0.25, 0.3) is 0 Å². The van der Waals surface area contributed by atoms with E-state index in [1.165, 1.54) is 6.26 Å². The molecule has 0 fully saturated rings. The third-order valence-electron chi connectivity index (χ3n) is 1.44. The molecule has 12 heavy (non-hydrogen) atoms. The van der Waals surface area contributed by atoms with Gasteiger partial charge in [-0.3, -0.25) is 4.90 Å². The van der Waals surface area contributed by atoms with Gasteiger partial charge in [0.1, 0.15) is 6.23 Å². The summed E-state index contributed by atoms with van der Waals surface area (Å²) >= 11 is 0. The molecular weight excluding hydrogens is 156 g/mol. The van der Waals surface area contributed by atoms with Crippen LogP contribution in [0.5, 0.6) is 0 Å². The van der Waals surface area contributed by atoms with Gasteiger partial charge in [0.25, 0.3) is 0 Å². The van der Waals surface area contributed by atoms with Gasteiger partial charge in [-0.25, -0.2) is 0 Å². The fourth-order valence-corrected chi connectivity index (χ4v) is 0.628. The second kappa shape index (κ2) is 7.09. The molecule has 0 saturated heterocycles. The van der Waals surface area contributed by atoms with E-state index in [2.05, 4.69) is 11.9 Å². The molecule has 0 rings (SSSR count). The smallest absolute Gasteiger partial charge is 0.119 e. The van der Waals surface area contributed by atoms with E-state index in [1.807, 2.05) is 14.1 Å². The number of aliphatic hydroxyl groups excluding tert-OH is 1. The first-order valence-corrected chi connectivity index (χ1v) is 3.96. The monoisotopic (exact) mass is 174 g/mol. The van der Waals surface area contributed by atoms with Crippen LogP contribution in [0.15, 0.2) is 12.8 Å². The van der Waals surface area contributed by atoms with Crippen LogP contribution in [0.1, 0.15) is 0 Å². The zero-order valence-corrected chi connectivity index (χ0v) is 7.79. The maximum atomic E-state index is 9.29. The van der Waals surface area contributed by atoms with Crippen LogP contribution in [0.4, 0.5) is 0 Å². The van der Waals surface area contributed by atoms with Crippen LogP contribution in [-0.4, -0.2) is 50.0 Å². The Balaban J connectivity index is 3.13. The van der Waals surface area contributed by atoms with Crippen molar-refractivity contribution in [2.75, 3.05) is 33.8 Å². The maximum absolute atomic E-state index is 9.29. The lowest BCUT2D eigenvalue weighted by Gasteiger charge is -2.18. The summed E-state index contributed by atoms with van der Waals surface area (Å²) in [4.78, 5) is 1.74. The predicted octanol–water partition coefficient (Wildman–Crippen LogP) is -0.384. The van der Waals surface area contributed by atoms with Gasteiger partial charge in [0, 0.05) is 13.1 Å². The first-order valence-electron chi connectivity index (χ1n) is 3.96. The Labute approximate surface area is 73.8 Å². The highest BCUT2D eigenvalue weighted by Gasteiger charge is 2.03. The Morgan fingerprint density at radius 3 is 2.83 bits per heavy atom. The number of likely N-dealkylation sites (N-methyl/N-ethyl adjacent to an activating group) is 1. The van der Waals surface area contributed by atoms with Crippen molar-refractivity contribution in [2.24, 2.45) is 0 Å². The van der Waals surface area contributed by atoms with Crippen molar-refractivity contribution in [1.29, 1.82) is 0 Å². The molecule has 0 aromatic rings. The Morgan fingerprint density at radius 2 is 2.33 bits per heavy atom. The van der Waals surface area contributed by atoms with Crippen LogP contribution in [0.3, 0.4) is 0 Å². The average Bonchev–Trinajstić information content (AvgIpc) is 2.03. The van der Waals surface area contributed by atoms with Crippen molar-refractivity contribution >= 4 is 0 Å². The summed E-state index contributed by atoms with van der Waals surface area (Å²) in [6.07, 6.45) is 0.970. The van der Waals surface area contributed by atoms with E-state index in [1.54, 1.807) is 4.90 Å². The molecule has 0 aliphatic rings. The zero-order valence-electron chi connectivity index (χ0n) is 7.79. The van der Waals surface area contributed by atoms with Crippen molar-refractivity contribution in [1.82, 2.24) is 10.2 Å². The van der Waals surface area contributed by atoms with E-state index in [4.69, 9.17) is 4.74 Å². The molecule has 2 N–H and O–H groups in total. The quantitative estimate of drug-likeness (QED) is 0.314. The van der Waals surface area contributed by atoms with E-state index in [0.717, 1.165) is 6.54 Å². The zero-order chi connectivity index (χ0) is 9.40. The van der Waals surface area contributed by atoms with Gasteiger partial charge in [0.05, 0.1) is 12.9 Å². The number of nitrogens with zero attached hydrogens (tertiary/aromatic N) is 1. The van der Waals surface area contributed by atoms with Crippen LogP contribution in [0.2, 0.25) is 0 Å². The topological polar surface area (TPSA) is 44.7 Å². The standard InChI is InChI=1S/C8H18N2O2/c1-4-12-6-5-9-7-8(11)10(2)3/h4,8-9,11H,1,5-7H2,2-3H3. The predicted molar refractivity (Wildman–Crippen MR) is 48.7 cm³/mol. The second-order valence-corrected chi connectivity index (χ2v) is 2.69. The molecule has 4 heteroatoms. The van der Waals surface area contributed by atoms with Crippen LogP contribution < -0.4 is 5.32 Å². The minimum absolute atomic E-state index is 0.436. The minimum Gasteiger partial charge on any atom is -0.500 e. The second-order valence-electron chi connectivity index (χ2n) is 2.69. The Bertz CT molecular complexity index is 118. The number of hydrogen-bond donors (Lipinski definition) is 2. The van der Waals surface area contributed by atoms with Crippen LogP contribution in [0, 0.1) is 0 Å². The molecule has 0 bridgehead atoms. The van der Waals surface area contributed by atoms with Gasteiger partial charge >= 0.3 is 0 Å². The fraction of sp³-hybridized carbons (Fsp3) is 0.750. The van der Waals surface area contributed by atoms with Gasteiger partial charge in [0.15, 0.2) is 0 Å². The lowest BCUT2D eigenvalue weighted by Crippen LogP contribution is -2.38. The van der Waals surface area contributed by atoms with Gasteiger partial charge in [-0.15, -0.1) is 0 Å². The summed E-state index contributed by atoms with van der Waals surface area (Å²) < 4.78 is 4.88. The normalized spacial score (nSPS) is 13.0. The van der Waals surface area contributed by atoms with E-state index in [9.17, 15) is 5.11 Å².